The van der Waals surface area contributed by atoms with Gasteiger partial charge in [-0.25, -0.2) is 0 Å². The second kappa shape index (κ2) is 2.70. The Labute approximate surface area is 70.4 Å². The minimum atomic E-state index is -0.0272. The summed E-state index contributed by atoms with van der Waals surface area (Å²) in [4.78, 5) is 11.2. The Balaban J connectivity index is 3.59. The molecule has 0 saturated carbocycles. The molecule has 1 rings (SSSR count). The zero-order chi connectivity index (χ0) is 8.59. The van der Waals surface area contributed by atoms with Crippen molar-refractivity contribution in [3.05, 3.63) is 32.7 Å². The molecule has 2 nitrogen and oxygen atoms in total. The van der Waals surface area contributed by atoms with Crippen LogP contribution in [0.1, 0.15) is 11.1 Å². The van der Waals surface area contributed by atoms with Crippen molar-refractivity contribution in [3.63, 3.8) is 0 Å². The van der Waals surface area contributed by atoms with Gasteiger partial charge >= 0.3 is 0 Å². The Morgan fingerprint density at radius 2 is 1.91 bits per heavy atom. The standard InChI is InChI=1S/C8H10ClNO/c1-5-4-6(2)8(11)10(3)7(5)9/h4H,1-3H3. The van der Waals surface area contributed by atoms with Gasteiger partial charge in [0.15, 0.2) is 0 Å². The van der Waals surface area contributed by atoms with E-state index in [-0.39, 0.29) is 5.56 Å². The summed E-state index contributed by atoms with van der Waals surface area (Å²) in [6.45, 7) is 3.67. The summed E-state index contributed by atoms with van der Waals surface area (Å²) in [5, 5.41) is 0.514. The first-order valence-corrected chi connectivity index (χ1v) is 3.74. The third kappa shape index (κ3) is 1.31. The molecule has 0 N–H and O–H groups in total. The molecular weight excluding hydrogens is 162 g/mol. The first-order chi connectivity index (χ1) is 5.04. The highest BCUT2D eigenvalue weighted by atomic mass is 35.5. The van der Waals surface area contributed by atoms with Gasteiger partial charge in [0, 0.05) is 12.6 Å². The summed E-state index contributed by atoms with van der Waals surface area (Å²) < 4.78 is 1.45. The summed E-state index contributed by atoms with van der Waals surface area (Å²) in [6.07, 6.45) is 0. The number of pyridine rings is 1. The Kier molecular flexibility index (Phi) is 2.05. The zero-order valence-corrected chi connectivity index (χ0v) is 7.57. The maximum Gasteiger partial charge on any atom is 0.254 e. The fourth-order valence-electron chi connectivity index (χ4n) is 1.06. The lowest BCUT2D eigenvalue weighted by Gasteiger charge is -2.05. The van der Waals surface area contributed by atoms with Crippen LogP contribution < -0.4 is 5.56 Å². The van der Waals surface area contributed by atoms with Gasteiger partial charge in [0.25, 0.3) is 5.56 Å². The van der Waals surface area contributed by atoms with Crippen LogP contribution in [0, 0.1) is 13.8 Å². The minimum Gasteiger partial charge on any atom is -0.302 e. The van der Waals surface area contributed by atoms with Crippen molar-refractivity contribution in [2.24, 2.45) is 7.05 Å². The average Bonchev–Trinajstić information content (AvgIpc) is 1.97. The number of aromatic nitrogens is 1. The van der Waals surface area contributed by atoms with Crippen LogP contribution in [0.3, 0.4) is 0 Å². The minimum absolute atomic E-state index is 0.0272. The number of hydrogen-bond donors (Lipinski definition) is 0. The summed E-state index contributed by atoms with van der Waals surface area (Å²) in [5.41, 5.74) is 1.64. The van der Waals surface area contributed by atoms with Crippen molar-refractivity contribution in [2.45, 2.75) is 13.8 Å². The number of hydrogen-bond acceptors (Lipinski definition) is 1. The van der Waals surface area contributed by atoms with E-state index in [9.17, 15) is 4.79 Å². The van der Waals surface area contributed by atoms with Gasteiger partial charge in [-0.15, -0.1) is 0 Å². The van der Waals surface area contributed by atoms with E-state index in [2.05, 4.69) is 0 Å². The number of nitrogens with zero attached hydrogens (tertiary/aromatic N) is 1. The second-order valence-electron chi connectivity index (χ2n) is 2.67. The first-order valence-electron chi connectivity index (χ1n) is 3.36. The van der Waals surface area contributed by atoms with Crippen LogP contribution in [0.5, 0.6) is 0 Å². The molecule has 0 spiro atoms. The van der Waals surface area contributed by atoms with Gasteiger partial charge in [-0.05, 0) is 25.5 Å². The summed E-state index contributed by atoms with van der Waals surface area (Å²) in [6, 6.07) is 1.80. The topological polar surface area (TPSA) is 22.0 Å². The van der Waals surface area contributed by atoms with Gasteiger partial charge in [-0.3, -0.25) is 4.79 Å². The average molecular weight is 172 g/mol. The predicted molar refractivity (Wildman–Crippen MR) is 46.2 cm³/mol. The third-order valence-electron chi connectivity index (χ3n) is 1.69. The normalized spacial score (nSPS) is 10.2. The van der Waals surface area contributed by atoms with Gasteiger partial charge < -0.3 is 4.57 Å². The van der Waals surface area contributed by atoms with Crippen LogP contribution in [0.15, 0.2) is 10.9 Å². The molecule has 0 amide bonds. The van der Waals surface area contributed by atoms with E-state index in [0.29, 0.717) is 5.15 Å². The molecule has 0 aliphatic carbocycles. The molecule has 0 aromatic carbocycles. The van der Waals surface area contributed by atoms with Crippen LogP contribution in [0.2, 0.25) is 5.15 Å². The van der Waals surface area contributed by atoms with Gasteiger partial charge in [0.05, 0.1) is 0 Å². The Bertz CT molecular complexity index is 341. The van der Waals surface area contributed by atoms with E-state index < -0.39 is 0 Å². The van der Waals surface area contributed by atoms with Crippen molar-refractivity contribution in [1.29, 1.82) is 0 Å². The van der Waals surface area contributed by atoms with Gasteiger partial charge in [-0.2, -0.15) is 0 Å². The largest absolute Gasteiger partial charge is 0.302 e. The fourth-order valence-corrected chi connectivity index (χ4v) is 1.20. The maximum atomic E-state index is 11.2. The molecule has 3 heteroatoms. The van der Waals surface area contributed by atoms with Gasteiger partial charge in [0.1, 0.15) is 5.15 Å². The highest BCUT2D eigenvalue weighted by Gasteiger charge is 2.03. The van der Waals surface area contributed by atoms with Crippen molar-refractivity contribution in [3.8, 4) is 0 Å². The molecule has 60 valence electrons. The molecule has 1 heterocycles. The summed E-state index contributed by atoms with van der Waals surface area (Å²) >= 11 is 5.82. The number of halogens is 1. The molecule has 11 heavy (non-hydrogen) atoms. The smallest absolute Gasteiger partial charge is 0.254 e. The highest BCUT2D eigenvalue weighted by Crippen LogP contribution is 2.11. The van der Waals surface area contributed by atoms with Gasteiger partial charge in [0.2, 0.25) is 0 Å². The van der Waals surface area contributed by atoms with Crippen LogP contribution in [0.25, 0.3) is 0 Å². The monoisotopic (exact) mass is 171 g/mol. The second-order valence-corrected chi connectivity index (χ2v) is 3.02. The molecule has 0 saturated heterocycles. The van der Waals surface area contributed by atoms with Crippen LogP contribution in [-0.2, 0) is 7.05 Å². The number of rotatable bonds is 0. The lowest BCUT2D eigenvalue weighted by atomic mass is 10.2. The molecule has 1 aromatic heterocycles. The predicted octanol–water partition coefficient (Wildman–Crippen LogP) is 1.66. The molecule has 0 bridgehead atoms. The van der Waals surface area contributed by atoms with Crippen LogP contribution in [0.4, 0.5) is 0 Å². The molecule has 0 radical (unpaired) electrons. The lowest BCUT2D eigenvalue weighted by molar-refractivity contribution is 0.841. The Hall–Kier alpha value is -0.760. The van der Waals surface area contributed by atoms with E-state index >= 15 is 0 Å². The van der Waals surface area contributed by atoms with Crippen molar-refractivity contribution >= 4 is 11.6 Å². The molecule has 0 unspecified atom stereocenters. The van der Waals surface area contributed by atoms with Gasteiger partial charge in [-0.1, -0.05) is 11.6 Å². The van der Waals surface area contributed by atoms with E-state index in [4.69, 9.17) is 11.6 Å². The van der Waals surface area contributed by atoms with Crippen molar-refractivity contribution in [2.75, 3.05) is 0 Å². The van der Waals surface area contributed by atoms with E-state index in [1.54, 1.807) is 20.0 Å². The molecule has 0 aliphatic rings. The zero-order valence-electron chi connectivity index (χ0n) is 6.81. The Morgan fingerprint density at radius 3 is 2.45 bits per heavy atom. The van der Waals surface area contributed by atoms with E-state index in [1.165, 1.54) is 4.57 Å². The fraction of sp³-hybridized carbons (Fsp3) is 0.375. The van der Waals surface area contributed by atoms with Crippen LogP contribution in [-0.4, -0.2) is 4.57 Å². The molecular formula is C8H10ClNO. The maximum absolute atomic E-state index is 11.2. The molecule has 0 atom stereocenters. The van der Waals surface area contributed by atoms with E-state index in [1.807, 2.05) is 6.92 Å². The number of aryl methyl sites for hydroxylation is 2. The van der Waals surface area contributed by atoms with Crippen LogP contribution >= 0.6 is 11.6 Å². The lowest BCUT2D eigenvalue weighted by Crippen LogP contribution is -2.20. The first kappa shape index (κ1) is 8.34. The summed E-state index contributed by atoms with van der Waals surface area (Å²) in [5.74, 6) is 0. The van der Waals surface area contributed by atoms with E-state index in [0.717, 1.165) is 11.1 Å². The highest BCUT2D eigenvalue weighted by molar-refractivity contribution is 6.30. The summed E-state index contributed by atoms with van der Waals surface area (Å²) in [7, 11) is 1.67. The third-order valence-corrected chi connectivity index (χ3v) is 2.25. The molecule has 0 fully saturated rings. The molecule has 0 aliphatic heterocycles. The SMILES string of the molecule is Cc1cc(C)c(=O)n(C)c1Cl. The van der Waals surface area contributed by atoms with Crippen molar-refractivity contribution < 1.29 is 0 Å². The quantitative estimate of drug-likeness (QED) is 0.545. The molecule has 1 aromatic rings. The van der Waals surface area contributed by atoms with Crippen molar-refractivity contribution in [1.82, 2.24) is 4.57 Å². The Morgan fingerprint density at radius 1 is 1.36 bits per heavy atom.